The topological polar surface area (TPSA) is 53.3 Å². The van der Waals surface area contributed by atoms with Gasteiger partial charge < -0.3 is 4.74 Å². The van der Waals surface area contributed by atoms with Gasteiger partial charge in [0.1, 0.15) is 5.75 Å². The smallest absolute Gasteiger partial charge is 0.260 e. The molecule has 1 unspecified atom stereocenters. The number of benzene rings is 2. The summed E-state index contributed by atoms with van der Waals surface area (Å²) < 4.78 is 5.32. The Morgan fingerprint density at radius 1 is 1.19 bits per heavy atom. The van der Waals surface area contributed by atoms with E-state index in [9.17, 15) is 10.1 Å². The molecule has 2 aromatic carbocycles. The molecule has 1 heterocycles. The Bertz CT molecular complexity index is 762. The van der Waals surface area contributed by atoms with Crippen LogP contribution in [0.1, 0.15) is 27.5 Å². The number of nitriles is 1. The first-order valence-corrected chi connectivity index (χ1v) is 6.64. The van der Waals surface area contributed by atoms with Crippen molar-refractivity contribution < 1.29 is 9.53 Å². The standard InChI is InChI=1S/C17H14N2O2/c1-11-6-5-7-12-14(10-18)19(17(20)16(11)12)13-8-3-4-9-15(13)21-2/h3-9,14H,1-2H3. The summed E-state index contributed by atoms with van der Waals surface area (Å²) in [4.78, 5) is 14.3. The van der Waals surface area contributed by atoms with Gasteiger partial charge in [-0.1, -0.05) is 30.3 Å². The van der Waals surface area contributed by atoms with E-state index in [1.54, 1.807) is 19.2 Å². The Labute approximate surface area is 123 Å². The average molecular weight is 278 g/mol. The van der Waals surface area contributed by atoms with Crippen LogP contribution in [0, 0.1) is 18.3 Å². The summed E-state index contributed by atoms with van der Waals surface area (Å²) in [5.74, 6) is 0.427. The predicted octanol–water partition coefficient (Wildman–Crippen LogP) is 3.23. The summed E-state index contributed by atoms with van der Waals surface area (Å²) in [6.45, 7) is 1.89. The average Bonchev–Trinajstić information content (AvgIpc) is 2.80. The minimum Gasteiger partial charge on any atom is -0.495 e. The van der Waals surface area contributed by atoms with E-state index in [1.165, 1.54) is 4.90 Å². The van der Waals surface area contributed by atoms with Crippen LogP contribution < -0.4 is 9.64 Å². The van der Waals surface area contributed by atoms with Crippen molar-refractivity contribution in [1.82, 2.24) is 0 Å². The molecule has 0 fully saturated rings. The molecule has 0 radical (unpaired) electrons. The van der Waals surface area contributed by atoms with E-state index in [4.69, 9.17) is 4.74 Å². The maximum atomic E-state index is 12.8. The van der Waals surface area contributed by atoms with E-state index in [2.05, 4.69) is 6.07 Å². The van der Waals surface area contributed by atoms with Crippen LogP contribution in [-0.4, -0.2) is 13.0 Å². The first-order valence-electron chi connectivity index (χ1n) is 6.64. The highest BCUT2D eigenvalue weighted by molar-refractivity contribution is 6.13. The van der Waals surface area contributed by atoms with Crippen LogP contribution in [0.4, 0.5) is 5.69 Å². The molecule has 1 amide bonds. The summed E-state index contributed by atoms with van der Waals surface area (Å²) in [7, 11) is 1.55. The number of nitrogens with zero attached hydrogens (tertiary/aromatic N) is 2. The van der Waals surface area contributed by atoms with Gasteiger partial charge >= 0.3 is 0 Å². The predicted molar refractivity (Wildman–Crippen MR) is 79.3 cm³/mol. The third kappa shape index (κ3) is 1.86. The third-order valence-corrected chi connectivity index (χ3v) is 3.76. The van der Waals surface area contributed by atoms with Gasteiger partial charge in [0.15, 0.2) is 6.04 Å². The van der Waals surface area contributed by atoms with Crippen LogP contribution in [0.15, 0.2) is 42.5 Å². The maximum Gasteiger partial charge on any atom is 0.260 e. The molecule has 0 saturated carbocycles. The zero-order chi connectivity index (χ0) is 15.0. The second kappa shape index (κ2) is 4.95. The van der Waals surface area contributed by atoms with Crippen molar-refractivity contribution in [2.45, 2.75) is 13.0 Å². The molecular weight excluding hydrogens is 264 g/mol. The lowest BCUT2D eigenvalue weighted by Gasteiger charge is -2.22. The number of fused-ring (bicyclic) bond motifs is 1. The van der Waals surface area contributed by atoms with Crippen LogP contribution in [-0.2, 0) is 0 Å². The van der Waals surface area contributed by atoms with Gasteiger partial charge in [-0.3, -0.25) is 9.69 Å². The fourth-order valence-electron chi connectivity index (χ4n) is 2.79. The van der Waals surface area contributed by atoms with Crippen LogP contribution in [0.5, 0.6) is 5.75 Å². The van der Waals surface area contributed by atoms with Crippen molar-refractivity contribution in [3.05, 3.63) is 59.2 Å². The van der Waals surface area contributed by atoms with E-state index in [0.29, 0.717) is 17.0 Å². The fourth-order valence-corrected chi connectivity index (χ4v) is 2.79. The van der Waals surface area contributed by atoms with Gasteiger partial charge in [0.05, 0.1) is 18.9 Å². The Morgan fingerprint density at radius 2 is 1.95 bits per heavy atom. The molecule has 4 heteroatoms. The van der Waals surface area contributed by atoms with Crippen LogP contribution in [0.2, 0.25) is 0 Å². The van der Waals surface area contributed by atoms with E-state index >= 15 is 0 Å². The number of hydrogen-bond donors (Lipinski definition) is 0. The first kappa shape index (κ1) is 13.2. The molecule has 0 saturated heterocycles. The van der Waals surface area contributed by atoms with Crippen LogP contribution in [0.25, 0.3) is 0 Å². The Morgan fingerprint density at radius 3 is 2.67 bits per heavy atom. The van der Waals surface area contributed by atoms with Gasteiger partial charge in [0.2, 0.25) is 0 Å². The second-order valence-electron chi connectivity index (χ2n) is 4.92. The fraction of sp³-hybridized carbons (Fsp3) is 0.176. The highest BCUT2D eigenvalue weighted by Crippen LogP contribution is 2.41. The minimum absolute atomic E-state index is 0.154. The van der Waals surface area contributed by atoms with E-state index < -0.39 is 6.04 Å². The number of amides is 1. The van der Waals surface area contributed by atoms with E-state index in [-0.39, 0.29) is 5.91 Å². The second-order valence-corrected chi connectivity index (χ2v) is 4.92. The molecule has 0 N–H and O–H groups in total. The van der Waals surface area contributed by atoms with Gasteiger partial charge in [-0.05, 0) is 24.6 Å². The third-order valence-electron chi connectivity index (χ3n) is 3.76. The number of methoxy groups -OCH3 is 1. The quantitative estimate of drug-likeness (QED) is 0.847. The van der Waals surface area contributed by atoms with Gasteiger partial charge in [-0.25, -0.2) is 0 Å². The number of rotatable bonds is 2. The van der Waals surface area contributed by atoms with Crippen molar-refractivity contribution in [1.29, 1.82) is 5.26 Å². The molecule has 1 atom stereocenters. The number of carbonyl (C=O) groups is 1. The highest BCUT2D eigenvalue weighted by atomic mass is 16.5. The summed E-state index contributed by atoms with van der Waals surface area (Å²) in [6.07, 6.45) is 0. The summed E-state index contributed by atoms with van der Waals surface area (Å²) >= 11 is 0. The highest BCUT2D eigenvalue weighted by Gasteiger charge is 2.39. The number of para-hydroxylation sites is 2. The molecule has 104 valence electrons. The summed E-state index contributed by atoms with van der Waals surface area (Å²) in [5.41, 5.74) is 2.88. The van der Waals surface area contributed by atoms with Gasteiger partial charge in [-0.2, -0.15) is 5.26 Å². The molecule has 1 aliphatic heterocycles. The minimum atomic E-state index is -0.622. The van der Waals surface area contributed by atoms with Crippen molar-refractivity contribution in [3.8, 4) is 11.8 Å². The van der Waals surface area contributed by atoms with Crippen LogP contribution in [0.3, 0.4) is 0 Å². The van der Waals surface area contributed by atoms with Gasteiger partial charge in [0, 0.05) is 11.1 Å². The van der Waals surface area contributed by atoms with E-state index in [0.717, 1.165) is 11.1 Å². The zero-order valence-electron chi connectivity index (χ0n) is 11.8. The zero-order valence-corrected chi connectivity index (χ0v) is 11.8. The van der Waals surface area contributed by atoms with Gasteiger partial charge in [-0.15, -0.1) is 0 Å². The van der Waals surface area contributed by atoms with Crippen molar-refractivity contribution in [3.63, 3.8) is 0 Å². The molecule has 1 aliphatic rings. The lowest BCUT2D eigenvalue weighted by molar-refractivity contribution is 0.0993. The largest absolute Gasteiger partial charge is 0.495 e. The molecule has 2 aromatic rings. The molecule has 0 bridgehead atoms. The number of anilines is 1. The van der Waals surface area contributed by atoms with Crippen molar-refractivity contribution in [2.75, 3.05) is 12.0 Å². The number of aryl methyl sites for hydroxylation is 1. The van der Waals surface area contributed by atoms with Crippen molar-refractivity contribution in [2.24, 2.45) is 0 Å². The Hall–Kier alpha value is -2.80. The number of ether oxygens (including phenoxy) is 1. The summed E-state index contributed by atoms with van der Waals surface area (Å²) in [5, 5.41) is 9.53. The lowest BCUT2D eigenvalue weighted by Crippen LogP contribution is -2.27. The lowest BCUT2D eigenvalue weighted by atomic mass is 10.0. The van der Waals surface area contributed by atoms with Crippen molar-refractivity contribution >= 4 is 11.6 Å². The first-order chi connectivity index (χ1) is 10.2. The molecule has 0 aliphatic carbocycles. The SMILES string of the molecule is COc1ccccc1N1C(=O)c2c(C)cccc2C1C#N. The maximum absolute atomic E-state index is 12.8. The van der Waals surface area contributed by atoms with Crippen LogP contribution >= 0.6 is 0 Å². The molecule has 21 heavy (non-hydrogen) atoms. The number of hydrogen-bond acceptors (Lipinski definition) is 3. The molecule has 0 spiro atoms. The van der Waals surface area contributed by atoms with E-state index in [1.807, 2.05) is 37.3 Å². The number of carbonyl (C=O) groups excluding carboxylic acids is 1. The normalized spacial score (nSPS) is 16.5. The Balaban J connectivity index is 2.20. The molecule has 3 rings (SSSR count). The Kier molecular flexibility index (Phi) is 3.11. The molecule has 4 nitrogen and oxygen atoms in total. The summed E-state index contributed by atoms with van der Waals surface area (Å²) in [6, 6.07) is 14.4. The molecular formula is C17H14N2O2. The van der Waals surface area contributed by atoms with Gasteiger partial charge in [0.25, 0.3) is 5.91 Å². The monoisotopic (exact) mass is 278 g/mol. The molecule has 0 aromatic heterocycles.